The second kappa shape index (κ2) is 10.4. The van der Waals surface area contributed by atoms with Crippen LogP contribution >= 0.6 is 27.5 Å². The minimum atomic E-state index is -0.804. The molecule has 0 radical (unpaired) electrons. The number of ether oxygens (including phenoxy) is 2. The smallest absolute Gasteiger partial charge is 0.410 e. The van der Waals surface area contributed by atoms with E-state index >= 15 is 0 Å². The van der Waals surface area contributed by atoms with Gasteiger partial charge in [-0.2, -0.15) is 0 Å². The van der Waals surface area contributed by atoms with E-state index in [1.165, 1.54) is 12.1 Å². The van der Waals surface area contributed by atoms with Crippen molar-refractivity contribution >= 4 is 45.5 Å². The lowest BCUT2D eigenvalue weighted by atomic mass is 10.1. The second-order valence-electron chi connectivity index (χ2n) is 8.50. The molecule has 2 amide bonds. The number of ketones is 1. The van der Waals surface area contributed by atoms with Gasteiger partial charge in [0.25, 0.3) is 0 Å². The highest BCUT2D eigenvalue weighted by Gasteiger charge is 2.26. The molecule has 1 N–H and O–H groups in total. The van der Waals surface area contributed by atoms with Crippen LogP contribution in [0.15, 0.2) is 16.6 Å². The number of nitrogens with zero attached hydrogens (tertiary/aromatic N) is 1. The number of halogens is 3. The van der Waals surface area contributed by atoms with E-state index in [2.05, 4.69) is 21.2 Å². The molecule has 0 aliphatic heterocycles. The van der Waals surface area contributed by atoms with Gasteiger partial charge < -0.3 is 14.8 Å². The van der Waals surface area contributed by atoms with Gasteiger partial charge in [0.1, 0.15) is 17.0 Å². The summed E-state index contributed by atoms with van der Waals surface area (Å²) >= 11 is 8.91. The van der Waals surface area contributed by atoms with Crippen LogP contribution in [0.1, 0.15) is 51.9 Å². The molecule has 168 valence electrons. The third kappa shape index (κ3) is 9.30. The zero-order valence-electron chi connectivity index (χ0n) is 17.9. The van der Waals surface area contributed by atoms with Gasteiger partial charge >= 0.3 is 12.2 Å². The average molecular weight is 510 g/mol. The molecule has 7 nitrogen and oxygen atoms in total. The summed E-state index contributed by atoms with van der Waals surface area (Å²) in [6.45, 7) is 9.68. The number of benzene rings is 1. The van der Waals surface area contributed by atoms with Crippen molar-refractivity contribution in [1.29, 1.82) is 0 Å². The second-order valence-corrected chi connectivity index (χ2v) is 9.79. The van der Waals surface area contributed by atoms with Crippen molar-refractivity contribution in [3.8, 4) is 0 Å². The van der Waals surface area contributed by atoms with Gasteiger partial charge in [0.2, 0.25) is 0 Å². The van der Waals surface area contributed by atoms with Crippen LogP contribution in [0, 0.1) is 5.82 Å². The minimum Gasteiger partial charge on any atom is -0.444 e. The number of hydrogen-bond donors (Lipinski definition) is 1. The SMILES string of the molecule is CC(C)(C)OC(=O)NCCN(CC(=O)c1cc(Cl)cc(Br)c1F)C(=O)OC(C)(C)C. The minimum absolute atomic E-state index is 0.00313. The van der Waals surface area contributed by atoms with Crippen molar-refractivity contribution in [2.75, 3.05) is 19.6 Å². The first-order valence-corrected chi connectivity index (χ1v) is 10.4. The highest BCUT2D eigenvalue weighted by Crippen LogP contribution is 2.25. The van der Waals surface area contributed by atoms with Crippen molar-refractivity contribution < 1.29 is 28.2 Å². The number of amides is 2. The molecule has 0 aliphatic rings. The molecule has 0 spiro atoms. The number of Topliss-reactive ketones (excluding diaryl/α,β-unsaturated/α-hetero) is 1. The van der Waals surface area contributed by atoms with Crippen molar-refractivity contribution in [2.45, 2.75) is 52.7 Å². The Balaban J connectivity index is 2.92. The van der Waals surface area contributed by atoms with Gasteiger partial charge in [-0.15, -0.1) is 0 Å². The summed E-state index contributed by atoms with van der Waals surface area (Å²) in [7, 11) is 0. The maximum atomic E-state index is 14.3. The van der Waals surface area contributed by atoms with E-state index in [1.54, 1.807) is 41.5 Å². The van der Waals surface area contributed by atoms with E-state index in [-0.39, 0.29) is 28.1 Å². The zero-order valence-corrected chi connectivity index (χ0v) is 20.2. The number of rotatable bonds is 6. The molecule has 0 heterocycles. The Morgan fingerprint density at radius 2 is 1.67 bits per heavy atom. The fourth-order valence-electron chi connectivity index (χ4n) is 2.19. The van der Waals surface area contributed by atoms with Crippen molar-refractivity contribution in [1.82, 2.24) is 10.2 Å². The van der Waals surface area contributed by atoms with Crippen LogP contribution in [-0.2, 0) is 9.47 Å². The largest absolute Gasteiger partial charge is 0.444 e. The number of carbonyl (C=O) groups excluding carboxylic acids is 3. The van der Waals surface area contributed by atoms with Crippen LogP contribution in [0.2, 0.25) is 5.02 Å². The van der Waals surface area contributed by atoms with E-state index in [1.807, 2.05) is 0 Å². The molecule has 1 rings (SSSR count). The third-order valence-corrected chi connectivity index (χ3v) is 4.12. The molecule has 0 unspecified atom stereocenters. The number of carbonyl (C=O) groups is 3. The van der Waals surface area contributed by atoms with E-state index in [0.29, 0.717) is 0 Å². The molecule has 0 fully saturated rings. The molecule has 10 heteroatoms. The van der Waals surface area contributed by atoms with Crippen LogP contribution in [0.3, 0.4) is 0 Å². The van der Waals surface area contributed by atoms with Crippen molar-refractivity contribution in [3.63, 3.8) is 0 Å². The van der Waals surface area contributed by atoms with Crippen molar-refractivity contribution in [2.24, 2.45) is 0 Å². The Bertz CT molecular complexity index is 806. The summed E-state index contributed by atoms with van der Waals surface area (Å²) in [6.07, 6.45) is -1.44. The predicted molar refractivity (Wildman–Crippen MR) is 115 cm³/mol. The molecule has 0 aromatic heterocycles. The quantitative estimate of drug-likeness (QED) is 0.422. The maximum absolute atomic E-state index is 14.3. The lowest BCUT2D eigenvalue weighted by Crippen LogP contribution is -2.44. The highest BCUT2D eigenvalue weighted by molar-refractivity contribution is 9.10. The van der Waals surface area contributed by atoms with Crippen LogP contribution in [-0.4, -0.2) is 53.7 Å². The van der Waals surface area contributed by atoms with Crippen LogP contribution < -0.4 is 5.32 Å². The van der Waals surface area contributed by atoms with E-state index in [9.17, 15) is 18.8 Å². The number of alkyl carbamates (subject to hydrolysis) is 1. The first-order valence-electron chi connectivity index (χ1n) is 9.21. The van der Waals surface area contributed by atoms with Gasteiger partial charge in [0.15, 0.2) is 5.78 Å². The van der Waals surface area contributed by atoms with Gasteiger partial charge in [0, 0.05) is 18.1 Å². The molecular formula is C20H27BrClFN2O5. The molecule has 1 aromatic rings. The molecular weight excluding hydrogens is 483 g/mol. The number of nitrogens with one attached hydrogen (secondary N) is 1. The summed E-state index contributed by atoms with van der Waals surface area (Å²) in [5.41, 5.74) is -1.74. The third-order valence-electron chi connectivity index (χ3n) is 3.33. The zero-order chi connectivity index (χ0) is 23.3. The lowest BCUT2D eigenvalue weighted by molar-refractivity contribution is 0.0239. The highest BCUT2D eigenvalue weighted by atomic mass is 79.9. The van der Waals surface area contributed by atoms with Gasteiger partial charge in [-0.3, -0.25) is 9.69 Å². The Labute approximate surface area is 189 Å². The summed E-state index contributed by atoms with van der Waals surface area (Å²) in [5.74, 6) is -1.45. The van der Waals surface area contributed by atoms with Crippen LogP contribution in [0.4, 0.5) is 14.0 Å². The first kappa shape index (κ1) is 26.2. The molecule has 0 saturated carbocycles. The monoisotopic (exact) mass is 508 g/mol. The Morgan fingerprint density at radius 3 is 2.20 bits per heavy atom. The molecule has 30 heavy (non-hydrogen) atoms. The normalized spacial score (nSPS) is 11.6. The topological polar surface area (TPSA) is 84.9 Å². The summed E-state index contributed by atoms with van der Waals surface area (Å²) in [5, 5.41) is 2.67. The number of hydrogen-bond acceptors (Lipinski definition) is 5. The fourth-order valence-corrected chi connectivity index (χ4v) is 3.00. The molecule has 0 atom stereocenters. The van der Waals surface area contributed by atoms with E-state index < -0.39 is 41.5 Å². The summed E-state index contributed by atoms with van der Waals surface area (Å²) in [4.78, 5) is 38.1. The van der Waals surface area contributed by atoms with Crippen molar-refractivity contribution in [3.05, 3.63) is 33.0 Å². The molecule has 0 bridgehead atoms. The summed E-state index contributed by atoms with van der Waals surface area (Å²) in [6, 6.07) is 2.51. The summed E-state index contributed by atoms with van der Waals surface area (Å²) < 4.78 is 24.8. The van der Waals surface area contributed by atoms with Gasteiger partial charge in [-0.25, -0.2) is 14.0 Å². The van der Waals surface area contributed by atoms with Crippen LogP contribution in [0.25, 0.3) is 0 Å². The molecule has 1 aromatic carbocycles. The maximum Gasteiger partial charge on any atom is 0.410 e. The Hall–Kier alpha value is -1.87. The first-order chi connectivity index (χ1) is 13.6. The van der Waals surface area contributed by atoms with Gasteiger partial charge in [-0.05, 0) is 69.6 Å². The van der Waals surface area contributed by atoms with Gasteiger partial charge in [-0.1, -0.05) is 11.6 Å². The standard InChI is InChI=1S/C20H27BrClFN2O5/c1-19(2,3)29-17(27)24-7-8-25(18(28)30-20(4,5)6)11-15(26)13-9-12(22)10-14(21)16(13)23/h9-10H,7-8,11H2,1-6H3,(H,24,27). The fraction of sp³-hybridized carbons (Fsp3) is 0.550. The van der Waals surface area contributed by atoms with Gasteiger partial charge in [0.05, 0.1) is 16.6 Å². The lowest BCUT2D eigenvalue weighted by Gasteiger charge is -2.27. The van der Waals surface area contributed by atoms with E-state index in [4.69, 9.17) is 21.1 Å². The average Bonchev–Trinajstić information content (AvgIpc) is 2.53. The Kier molecular flexibility index (Phi) is 9.10. The van der Waals surface area contributed by atoms with Crippen LogP contribution in [0.5, 0.6) is 0 Å². The van der Waals surface area contributed by atoms with E-state index in [0.717, 1.165) is 4.90 Å². The predicted octanol–water partition coefficient (Wildman–Crippen LogP) is 5.19. The molecule has 0 aliphatic carbocycles. The molecule has 0 saturated heterocycles. The Morgan fingerprint density at radius 1 is 1.10 bits per heavy atom.